The first-order valence-corrected chi connectivity index (χ1v) is 13.7. The molecule has 0 radical (unpaired) electrons. The van der Waals surface area contributed by atoms with Crippen molar-refractivity contribution in [3.63, 3.8) is 0 Å². The average molecular weight is 472 g/mol. The van der Waals surface area contributed by atoms with Gasteiger partial charge in [-0.15, -0.1) is 0 Å². The normalized spacial score (nSPS) is 15.1. The second-order valence-electron chi connectivity index (χ2n) is 10.6. The second-order valence-corrected chi connectivity index (χ2v) is 10.6. The largest absolute Gasteiger partial charge is 0.298 e. The zero-order valence-electron chi connectivity index (χ0n) is 22.3. The summed E-state index contributed by atoms with van der Waals surface area (Å²) >= 11 is 0. The van der Waals surface area contributed by atoms with Gasteiger partial charge in [-0.05, 0) is 75.9 Å². The van der Waals surface area contributed by atoms with E-state index in [9.17, 15) is 0 Å². The van der Waals surface area contributed by atoms with Gasteiger partial charge in [0.1, 0.15) is 0 Å². The molecule has 5 rings (SSSR count). The summed E-state index contributed by atoms with van der Waals surface area (Å²) in [7, 11) is 0. The number of aromatic nitrogens is 4. The molecular formula is C30H41N5. The minimum Gasteiger partial charge on any atom is -0.298 e. The zero-order chi connectivity index (χ0) is 24.5. The average Bonchev–Trinajstić information content (AvgIpc) is 3.36. The number of nitrogens with zero attached hydrogens (tertiary/aromatic N) is 5. The molecule has 1 fully saturated rings. The molecule has 0 amide bonds. The van der Waals surface area contributed by atoms with Gasteiger partial charge in [0.05, 0.1) is 22.6 Å². The fraction of sp³-hybridized carbons (Fsp3) is 0.533. The van der Waals surface area contributed by atoms with E-state index in [1.54, 1.807) is 0 Å². The maximum Gasteiger partial charge on any atom is 0.221 e. The minimum atomic E-state index is 0.910. The summed E-state index contributed by atoms with van der Waals surface area (Å²) in [5.74, 6) is 1.90. The lowest BCUT2D eigenvalue weighted by molar-refractivity contribution is 0.231. The SMILES string of the molecule is CCc1nc2n(-c3c(C)cc(C)cc3C)c3ncccc3n2c1CN(CC)CCC1CCCCC1. The third-order valence-electron chi connectivity index (χ3n) is 8.05. The van der Waals surface area contributed by atoms with Crippen LogP contribution in [0.2, 0.25) is 0 Å². The Hall–Kier alpha value is -2.66. The maximum atomic E-state index is 5.25. The molecule has 0 bridgehead atoms. The summed E-state index contributed by atoms with van der Waals surface area (Å²) in [5, 5.41) is 0. The van der Waals surface area contributed by atoms with Crippen molar-refractivity contribution < 1.29 is 0 Å². The van der Waals surface area contributed by atoms with Gasteiger partial charge in [0, 0.05) is 12.7 Å². The van der Waals surface area contributed by atoms with Gasteiger partial charge in [0.15, 0.2) is 5.65 Å². The minimum absolute atomic E-state index is 0.910. The fourth-order valence-corrected chi connectivity index (χ4v) is 6.30. The molecule has 186 valence electrons. The Morgan fingerprint density at radius 1 is 1.03 bits per heavy atom. The van der Waals surface area contributed by atoms with Crippen LogP contribution in [0.3, 0.4) is 0 Å². The number of hydrogen-bond donors (Lipinski definition) is 0. The van der Waals surface area contributed by atoms with E-state index in [2.05, 4.69) is 72.8 Å². The van der Waals surface area contributed by atoms with Crippen molar-refractivity contribution in [1.29, 1.82) is 0 Å². The molecule has 35 heavy (non-hydrogen) atoms. The standard InChI is InChI=1S/C30H41N5/c1-6-25-27(20-33(7-2)17-15-24-12-9-8-10-13-24)34-26-14-11-16-31-29(26)35(30(34)32-25)28-22(4)18-21(3)19-23(28)5/h11,14,16,18-19,24H,6-10,12-13,15,17,20H2,1-5H3. The summed E-state index contributed by atoms with van der Waals surface area (Å²) in [6.07, 6.45) is 11.3. The van der Waals surface area contributed by atoms with Crippen molar-refractivity contribution in [2.45, 2.75) is 86.1 Å². The highest BCUT2D eigenvalue weighted by Gasteiger charge is 2.24. The Labute approximate surface area is 210 Å². The monoisotopic (exact) mass is 471 g/mol. The van der Waals surface area contributed by atoms with Crippen LogP contribution in [0, 0.1) is 26.7 Å². The first-order chi connectivity index (χ1) is 17.0. The van der Waals surface area contributed by atoms with Crippen LogP contribution in [0.25, 0.3) is 22.6 Å². The first-order valence-electron chi connectivity index (χ1n) is 13.7. The van der Waals surface area contributed by atoms with Gasteiger partial charge in [-0.3, -0.25) is 13.9 Å². The van der Waals surface area contributed by atoms with E-state index in [0.717, 1.165) is 42.4 Å². The number of pyridine rings is 1. The second kappa shape index (κ2) is 10.1. The highest BCUT2D eigenvalue weighted by Crippen LogP contribution is 2.31. The van der Waals surface area contributed by atoms with Crippen LogP contribution in [0.4, 0.5) is 0 Å². The van der Waals surface area contributed by atoms with Crippen LogP contribution in [-0.2, 0) is 13.0 Å². The van der Waals surface area contributed by atoms with E-state index in [1.807, 2.05) is 6.20 Å². The smallest absolute Gasteiger partial charge is 0.221 e. The lowest BCUT2D eigenvalue weighted by Crippen LogP contribution is -2.27. The van der Waals surface area contributed by atoms with Gasteiger partial charge in [0.25, 0.3) is 0 Å². The number of benzene rings is 1. The third-order valence-corrected chi connectivity index (χ3v) is 8.05. The van der Waals surface area contributed by atoms with E-state index < -0.39 is 0 Å². The molecule has 4 aromatic rings. The Bertz CT molecular complexity index is 1300. The molecule has 0 aliphatic heterocycles. The topological polar surface area (TPSA) is 38.4 Å². The van der Waals surface area contributed by atoms with Gasteiger partial charge in [0.2, 0.25) is 5.78 Å². The number of hydrogen-bond acceptors (Lipinski definition) is 3. The Morgan fingerprint density at radius 3 is 2.46 bits per heavy atom. The quantitative estimate of drug-likeness (QED) is 0.279. The summed E-state index contributed by atoms with van der Waals surface area (Å²) < 4.78 is 4.68. The molecule has 1 saturated carbocycles. The number of aryl methyl sites for hydroxylation is 4. The van der Waals surface area contributed by atoms with E-state index in [0.29, 0.717) is 0 Å². The first kappa shape index (κ1) is 24.1. The summed E-state index contributed by atoms with van der Waals surface area (Å²) in [4.78, 5) is 12.7. The van der Waals surface area contributed by atoms with Crippen molar-refractivity contribution in [1.82, 2.24) is 23.8 Å². The maximum absolute atomic E-state index is 5.25. The van der Waals surface area contributed by atoms with E-state index in [4.69, 9.17) is 9.97 Å². The molecule has 1 aliphatic carbocycles. The van der Waals surface area contributed by atoms with E-state index in [1.165, 1.54) is 78.8 Å². The molecule has 0 saturated heterocycles. The fourth-order valence-electron chi connectivity index (χ4n) is 6.30. The predicted octanol–water partition coefficient (Wildman–Crippen LogP) is 6.95. The molecule has 1 aliphatic rings. The van der Waals surface area contributed by atoms with Gasteiger partial charge < -0.3 is 0 Å². The van der Waals surface area contributed by atoms with Gasteiger partial charge in [-0.1, -0.05) is 63.6 Å². The molecule has 0 unspecified atom stereocenters. The van der Waals surface area contributed by atoms with Crippen molar-refractivity contribution >= 4 is 16.9 Å². The van der Waals surface area contributed by atoms with Crippen molar-refractivity contribution in [3.05, 3.63) is 58.5 Å². The van der Waals surface area contributed by atoms with Crippen molar-refractivity contribution in [2.24, 2.45) is 5.92 Å². The summed E-state index contributed by atoms with van der Waals surface area (Å²) in [6, 6.07) is 8.79. The molecule has 0 N–H and O–H groups in total. The Balaban J connectivity index is 1.60. The van der Waals surface area contributed by atoms with Gasteiger partial charge in [-0.25, -0.2) is 9.97 Å². The predicted molar refractivity (Wildman–Crippen MR) is 146 cm³/mol. The third kappa shape index (κ3) is 4.51. The van der Waals surface area contributed by atoms with Crippen LogP contribution < -0.4 is 0 Å². The van der Waals surface area contributed by atoms with Crippen molar-refractivity contribution in [3.8, 4) is 5.69 Å². The molecule has 3 aromatic heterocycles. The number of imidazole rings is 2. The molecule has 0 atom stereocenters. The lowest BCUT2D eigenvalue weighted by Gasteiger charge is -2.26. The van der Waals surface area contributed by atoms with Crippen LogP contribution in [0.1, 0.15) is 80.5 Å². The highest BCUT2D eigenvalue weighted by molar-refractivity contribution is 5.81. The lowest BCUT2D eigenvalue weighted by atomic mass is 9.87. The number of fused-ring (bicyclic) bond motifs is 3. The summed E-state index contributed by atoms with van der Waals surface area (Å²) in [5.41, 5.74) is 9.68. The van der Waals surface area contributed by atoms with Crippen molar-refractivity contribution in [2.75, 3.05) is 13.1 Å². The molecule has 5 nitrogen and oxygen atoms in total. The van der Waals surface area contributed by atoms with Crippen LogP contribution in [0.15, 0.2) is 30.5 Å². The molecule has 1 aromatic carbocycles. The Kier molecular flexibility index (Phi) is 6.97. The zero-order valence-corrected chi connectivity index (χ0v) is 22.3. The van der Waals surface area contributed by atoms with Crippen LogP contribution >= 0.6 is 0 Å². The number of rotatable bonds is 8. The van der Waals surface area contributed by atoms with E-state index >= 15 is 0 Å². The molecular weight excluding hydrogens is 430 g/mol. The van der Waals surface area contributed by atoms with Crippen LogP contribution in [0.5, 0.6) is 0 Å². The van der Waals surface area contributed by atoms with E-state index in [-0.39, 0.29) is 0 Å². The summed E-state index contributed by atoms with van der Waals surface area (Å²) in [6.45, 7) is 14.3. The molecule has 5 heteroatoms. The molecule has 0 spiro atoms. The molecule has 3 heterocycles. The highest BCUT2D eigenvalue weighted by atomic mass is 15.3. The van der Waals surface area contributed by atoms with Crippen LogP contribution in [-0.4, -0.2) is 36.9 Å². The van der Waals surface area contributed by atoms with Gasteiger partial charge in [-0.2, -0.15) is 0 Å². The van der Waals surface area contributed by atoms with Gasteiger partial charge >= 0.3 is 0 Å². The Morgan fingerprint density at radius 2 is 1.77 bits per heavy atom.